The van der Waals surface area contributed by atoms with Crippen LogP contribution in [0.4, 0.5) is 0 Å². The summed E-state index contributed by atoms with van der Waals surface area (Å²) in [6.45, 7) is 5.77. The van der Waals surface area contributed by atoms with Crippen molar-refractivity contribution in [2.75, 3.05) is 11.5 Å². The molecule has 0 aromatic rings. The molecule has 0 N–H and O–H groups in total. The summed E-state index contributed by atoms with van der Waals surface area (Å²) in [5.74, 6) is 2.21. The van der Waals surface area contributed by atoms with E-state index < -0.39 is 0 Å². The lowest BCUT2D eigenvalue weighted by Gasteiger charge is -1.80. The summed E-state index contributed by atoms with van der Waals surface area (Å²) in [4.78, 5) is 0. The van der Waals surface area contributed by atoms with Crippen molar-refractivity contribution in [3.63, 3.8) is 0 Å². The first-order valence-electron chi connectivity index (χ1n) is 1.78. The first-order valence-corrected chi connectivity index (χ1v) is 2.94. The molecule has 0 atom stereocenters. The Morgan fingerprint density at radius 3 is 2.40 bits per heavy atom. The normalized spacial score (nSPS) is 8.40. The van der Waals surface area contributed by atoms with Crippen molar-refractivity contribution in [3.8, 4) is 0 Å². The minimum absolute atomic E-state index is 1.01. The van der Waals surface area contributed by atoms with Crippen LogP contribution in [0, 0.1) is 6.92 Å². The van der Waals surface area contributed by atoms with E-state index in [2.05, 4.69) is 13.8 Å². The van der Waals surface area contributed by atoms with E-state index in [0.717, 1.165) is 5.75 Å². The van der Waals surface area contributed by atoms with Gasteiger partial charge in [0, 0.05) is 0 Å². The Bertz CT molecular complexity index is 11.1. The highest BCUT2D eigenvalue weighted by atomic mass is 32.2. The molecule has 5 heavy (non-hydrogen) atoms. The van der Waals surface area contributed by atoms with Gasteiger partial charge in [0.2, 0.25) is 0 Å². The van der Waals surface area contributed by atoms with E-state index in [0.29, 0.717) is 0 Å². The van der Waals surface area contributed by atoms with E-state index in [4.69, 9.17) is 0 Å². The number of rotatable bonds is 2. The van der Waals surface area contributed by atoms with Gasteiger partial charge in [-0.05, 0) is 18.4 Å². The van der Waals surface area contributed by atoms with Gasteiger partial charge >= 0.3 is 0 Å². The molecular weight excluding hydrogens is 80.1 g/mol. The average molecular weight is 89.2 g/mol. The topological polar surface area (TPSA) is 0 Å². The Morgan fingerprint density at radius 1 is 1.80 bits per heavy atom. The molecular formula is C4H9S. The first-order chi connectivity index (χ1) is 2.41. The molecule has 0 unspecified atom stereocenters. The first kappa shape index (κ1) is 5.35. The molecule has 0 amide bonds. The van der Waals surface area contributed by atoms with Crippen LogP contribution >= 0.6 is 11.8 Å². The van der Waals surface area contributed by atoms with E-state index >= 15 is 0 Å². The lowest BCUT2D eigenvalue weighted by Crippen LogP contribution is -1.64. The van der Waals surface area contributed by atoms with E-state index in [1.165, 1.54) is 5.75 Å². The van der Waals surface area contributed by atoms with Crippen LogP contribution in [0.5, 0.6) is 0 Å². The third-order valence-corrected chi connectivity index (χ3v) is 1.05. The molecule has 1 radical (unpaired) electrons. The Balaban J connectivity index is 2.19. The van der Waals surface area contributed by atoms with Crippen molar-refractivity contribution in [2.24, 2.45) is 0 Å². The molecule has 0 aliphatic heterocycles. The van der Waals surface area contributed by atoms with Crippen LogP contribution in [0.2, 0.25) is 0 Å². The van der Waals surface area contributed by atoms with Crippen LogP contribution in [-0.2, 0) is 0 Å². The van der Waals surface area contributed by atoms with Gasteiger partial charge in [-0.25, -0.2) is 0 Å². The van der Waals surface area contributed by atoms with Gasteiger partial charge in [0.1, 0.15) is 0 Å². The van der Waals surface area contributed by atoms with E-state index in [1.807, 2.05) is 11.8 Å². The molecule has 0 bridgehead atoms. The van der Waals surface area contributed by atoms with Crippen LogP contribution in [0.1, 0.15) is 6.92 Å². The summed E-state index contributed by atoms with van der Waals surface area (Å²) < 4.78 is 0. The van der Waals surface area contributed by atoms with Crippen molar-refractivity contribution in [1.29, 1.82) is 0 Å². The zero-order valence-electron chi connectivity index (χ0n) is 3.53. The van der Waals surface area contributed by atoms with Crippen LogP contribution < -0.4 is 0 Å². The maximum atomic E-state index is 3.64. The second-order valence-electron chi connectivity index (χ2n) is 0.697. The highest BCUT2D eigenvalue weighted by Crippen LogP contribution is 1.92. The molecule has 0 spiro atoms. The van der Waals surface area contributed by atoms with Gasteiger partial charge in [-0.1, -0.05) is 6.92 Å². The Hall–Kier alpha value is 0.350. The molecule has 0 aromatic heterocycles. The maximum Gasteiger partial charge on any atom is -0.00673 e. The average Bonchev–Trinajstić information content (AvgIpc) is 1.41. The van der Waals surface area contributed by atoms with Gasteiger partial charge in [-0.3, -0.25) is 0 Å². The van der Waals surface area contributed by atoms with Crippen molar-refractivity contribution < 1.29 is 0 Å². The van der Waals surface area contributed by atoms with Gasteiger partial charge in [0.25, 0.3) is 0 Å². The fraction of sp³-hybridized carbons (Fsp3) is 0.750. The predicted octanol–water partition coefficient (Wildman–Crippen LogP) is 1.57. The van der Waals surface area contributed by atoms with Crippen LogP contribution in [-0.4, -0.2) is 11.5 Å². The Kier molecular flexibility index (Phi) is 4.65. The number of hydrogen-bond donors (Lipinski definition) is 0. The van der Waals surface area contributed by atoms with Crippen LogP contribution in [0.25, 0.3) is 0 Å². The smallest absolute Gasteiger partial charge is 0.00673 e. The third-order valence-electron chi connectivity index (χ3n) is 0.348. The molecule has 0 aliphatic rings. The number of thioether (sulfide) groups is 1. The Morgan fingerprint density at radius 2 is 2.40 bits per heavy atom. The van der Waals surface area contributed by atoms with E-state index in [-0.39, 0.29) is 0 Å². The summed E-state index contributed by atoms with van der Waals surface area (Å²) in [6.07, 6.45) is 0. The SMILES string of the molecule is [CH2]CSCC. The molecule has 0 nitrogen and oxygen atoms in total. The number of hydrogen-bond acceptors (Lipinski definition) is 1. The highest BCUT2D eigenvalue weighted by molar-refractivity contribution is 7.99. The van der Waals surface area contributed by atoms with E-state index in [1.54, 1.807) is 0 Å². The van der Waals surface area contributed by atoms with Gasteiger partial charge < -0.3 is 0 Å². The van der Waals surface area contributed by atoms with Gasteiger partial charge in [-0.2, -0.15) is 11.8 Å². The molecule has 0 saturated heterocycles. The summed E-state index contributed by atoms with van der Waals surface area (Å²) in [6, 6.07) is 0. The molecule has 0 fully saturated rings. The summed E-state index contributed by atoms with van der Waals surface area (Å²) in [5.41, 5.74) is 0. The Labute approximate surface area is 38.0 Å². The lowest BCUT2D eigenvalue weighted by atomic mass is 11.0. The minimum Gasteiger partial charge on any atom is -0.162 e. The van der Waals surface area contributed by atoms with Crippen molar-refractivity contribution >= 4 is 11.8 Å². The fourth-order valence-corrected chi connectivity index (χ4v) is 0.433. The van der Waals surface area contributed by atoms with Crippen molar-refractivity contribution in [2.45, 2.75) is 6.92 Å². The van der Waals surface area contributed by atoms with Gasteiger partial charge in [0.05, 0.1) is 0 Å². The van der Waals surface area contributed by atoms with Crippen LogP contribution in [0.3, 0.4) is 0 Å². The minimum atomic E-state index is 1.01. The zero-order valence-corrected chi connectivity index (χ0v) is 4.35. The molecule has 31 valence electrons. The molecule has 0 aliphatic carbocycles. The summed E-state index contributed by atoms with van der Waals surface area (Å²) >= 11 is 1.85. The second kappa shape index (κ2) is 4.35. The third kappa shape index (κ3) is 4.35. The summed E-state index contributed by atoms with van der Waals surface area (Å²) in [5, 5.41) is 0. The predicted molar refractivity (Wildman–Crippen MR) is 28.4 cm³/mol. The standard InChI is InChI=1S/C4H9S/c1-3-5-4-2/h1,3-4H2,2H3. The second-order valence-corrected chi connectivity index (χ2v) is 2.09. The largest absolute Gasteiger partial charge is 0.162 e. The van der Waals surface area contributed by atoms with E-state index in [9.17, 15) is 0 Å². The molecule has 0 rings (SSSR count). The monoisotopic (exact) mass is 89.0 g/mol. The zero-order chi connectivity index (χ0) is 4.12. The molecule has 1 heteroatoms. The molecule has 0 saturated carbocycles. The van der Waals surface area contributed by atoms with Gasteiger partial charge in [-0.15, -0.1) is 0 Å². The lowest BCUT2D eigenvalue weighted by molar-refractivity contribution is 1.52. The molecule has 0 aromatic carbocycles. The fourth-order valence-electron chi connectivity index (χ4n) is 0.144. The highest BCUT2D eigenvalue weighted by Gasteiger charge is 1.67. The molecule has 0 heterocycles. The van der Waals surface area contributed by atoms with Gasteiger partial charge in [0.15, 0.2) is 0 Å². The van der Waals surface area contributed by atoms with Crippen LogP contribution in [0.15, 0.2) is 0 Å². The quantitative estimate of drug-likeness (QED) is 0.495. The van der Waals surface area contributed by atoms with Crippen molar-refractivity contribution in [3.05, 3.63) is 6.92 Å². The summed E-state index contributed by atoms with van der Waals surface area (Å²) in [7, 11) is 0. The maximum absolute atomic E-state index is 3.64. The van der Waals surface area contributed by atoms with Crippen molar-refractivity contribution in [1.82, 2.24) is 0 Å².